The van der Waals surface area contributed by atoms with Gasteiger partial charge in [-0.1, -0.05) is 65.2 Å². The van der Waals surface area contributed by atoms with Crippen LogP contribution in [-0.2, 0) is 16.6 Å². The number of carbonyl (C=O) groups excluding carboxylic acids is 1. The summed E-state index contributed by atoms with van der Waals surface area (Å²) in [6, 6.07) is 25.9. The van der Waals surface area contributed by atoms with Gasteiger partial charge in [0.15, 0.2) is 0 Å². The number of benzene rings is 4. The summed E-state index contributed by atoms with van der Waals surface area (Å²) >= 11 is 12.4. The molecule has 0 radical (unpaired) electrons. The van der Waals surface area contributed by atoms with E-state index in [1.807, 2.05) is 0 Å². The molecule has 0 aromatic heterocycles. The molecule has 4 aromatic carbocycles. The van der Waals surface area contributed by atoms with Gasteiger partial charge in [0.2, 0.25) is 0 Å². The van der Waals surface area contributed by atoms with Crippen molar-refractivity contribution in [1.82, 2.24) is 9.80 Å². The summed E-state index contributed by atoms with van der Waals surface area (Å²) in [5.74, 6) is 0.619. The van der Waals surface area contributed by atoms with Crippen molar-refractivity contribution in [2.24, 2.45) is 0 Å². The molecule has 1 heterocycles. The number of piperazine rings is 1. The van der Waals surface area contributed by atoms with E-state index in [0.29, 0.717) is 47.7 Å². The van der Waals surface area contributed by atoms with Crippen LogP contribution in [0.2, 0.25) is 10.0 Å². The van der Waals surface area contributed by atoms with Crippen molar-refractivity contribution in [3.8, 4) is 11.5 Å². The summed E-state index contributed by atoms with van der Waals surface area (Å²) in [5, 5.41) is 0.786. The Balaban J connectivity index is 1.27. The second-order valence-electron chi connectivity index (χ2n) is 9.86. The summed E-state index contributed by atoms with van der Waals surface area (Å²) in [6.07, 6.45) is 0. The molecular formula is C31H29Cl2N3O4S. The van der Waals surface area contributed by atoms with Crippen LogP contribution in [0.4, 0.5) is 5.69 Å². The van der Waals surface area contributed by atoms with Crippen LogP contribution in [0.5, 0.6) is 11.5 Å². The number of carbonyl (C=O) groups is 1. The minimum Gasteiger partial charge on any atom is -0.456 e. The summed E-state index contributed by atoms with van der Waals surface area (Å²) in [5.41, 5.74) is 2.82. The van der Waals surface area contributed by atoms with Gasteiger partial charge in [0.25, 0.3) is 15.9 Å². The van der Waals surface area contributed by atoms with Crippen LogP contribution >= 0.6 is 23.2 Å². The van der Waals surface area contributed by atoms with Crippen molar-refractivity contribution in [3.63, 3.8) is 0 Å². The molecule has 1 N–H and O–H groups in total. The van der Waals surface area contributed by atoms with Crippen LogP contribution in [-0.4, -0.2) is 50.3 Å². The van der Waals surface area contributed by atoms with E-state index in [2.05, 4.69) is 40.8 Å². The topological polar surface area (TPSA) is 79.0 Å². The second kappa shape index (κ2) is 12.5. The minimum atomic E-state index is -4.01. The van der Waals surface area contributed by atoms with Crippen molar-refractivity contribution in [2.45, 2.75) is 18.4 Å². The van der Waals surface area contributed by atoms with Gasteiger partial charge in [-0.25, -0.2) is 8.42 Å². The Morgan fingerprint density at radius 2 is 1.61 bits per heavy atom. The number of para-hydroxylation sites is 1. The highest BCUT2D eigenvalue weighted by atomic mass is 35.5. The van der Waals surface area contributed by atoms with Gasteiger partial charge in [-0.3, -0.25) is 14.4 Å². The summed E-state index contributed by atoms with van der Waals surface area (Å²) in [6.45, 7) is 5.36. The van der Waals surface area contributed by atoms with Gasteiger partial charge < -0.3 is 9.64 Å². The molecule has 41 heavy (non-hydrogen) atoms. The van der Waals surface area contributed by atoms with Crippen LogP contribution in [0, 0.1) is 6.92 Å². The van der Waals surface area contributed by atoms with E-state index < -0.39 is 10.0 Å². The van der Waals surface area contributed by atoms with Crippen molar-refractivity contribution in [1.29, 1.82) is 0 Å². The first-order valence-corrected chi connectivity index (χ1v) is 15.3. The molecule has 7 nitrogen and oxygen atoms in total. The zero-order valence-electron chi connectivity index (χ0n) is 22.4. The quantitative estimate of drug-likeness (QED) is 0.236. The summed E-state index contributed by atoms with van der Waals surface area (Å²) in [7, 11) is -4.01. The number of aryl methyl sites for hydroxylation is 1. The van der Waals surface area contributed by atoms with Crippen LogP contribution < -0.4 is 9.46 Å². The van der Waals surface area contributed by atoms with Crippen LogP contribution in [0.25, 0.3) is 0 Å². The van der Waals surface area contributed by atoms with Crippen LogP contribution in [0.15, 0.2) is 95.9 Å². The third-order valence-corrected chi connectivity index (χ3v) is 8.73. The summed E-state index contributed by atoms with van der Waals surface area (Å²) in [4.78, 5) is 17.6. The van der Waals surface area contributed by atoms with Crippen LogP contribution in [0.1, 0.15) is 21.5 Å². The van der Waals surface area contributed by atoms with Gasteiger partial charge in [0.05, 0.1) is 21.2 Å². The smallest absolute Gasteiger partial charge is 0.261 e. The van der Waals surface area contributed by atoms with E-state index >= 15 is 0 Å². The monoisotopic (exact) mass is 609 g/mol. The Morgan fingerprint density at radius 1 is 0.878 bits per heavy atom. The molecule has 212 valence electrons. The molecule has 0 spiro atoms. The molecule has 0 unspecified atom stereocenters. The maximum atomic E-state index is 13.5. The summed E-state index contributed by atoms with van der Waals surface area (Å²) < 4.78 is 34.9. The number of nitrogens with zero attached hydrogens (tertiary/aromatic N) is 2. The lowest BCUT2D eigenvalue weighted by atomic mass is 10.1. The van der Waals surface area contributed by atoms with Crippen molar-refractivity contribution in [3.05, 3.63) is 118 Å². The fourth-order valence-corrected chi connectivity index (χ4v) is 6.10. The van der Waals surface area contributed by atoms with E-state index in [4.69, 9.17) is 27.9 Å². The predicted octanol–water partition coefficient (Wildman–Crippen LogP) is 6.85. The van der Waals surface area contributed by atoms with Crippen molar-refractivity contribution >= 4 is 44.8 Å². The number of amides is 1. The number of halogens is 2. The molecule has 1 aliphatic rings. The molecule has 0 atom stereocenters. The van der Waals surface area contributed by atoms with Gasteiger partial charge in [-0.2, -0.15) is 0 Å². The highest BCUT2D eigenvalue weighted by Crippen LogP contribution is 2.30. The zero-order chi connectivity index (χ0) is 29.0. The molecule has 0 bridgehead atoms. The first-order chi connectivity index (χ1) is 19.7. The maximum Gasteiger partial charge on any atom is 0.261 e. The number of hydrogen-bond acceptors (Lipinski definition) is 5. The fraction of sp³-hybridized carbons (Fsp3) is 0.194. The van der Waals surface area contributed by atoms with Crippen LogP contribution in [0.3, 0.4) is 0 Å². The third kappa shape index (κ3) is 7.21. The van der Waals surface area contributed by atoms with Crippen molar-refractivity contribution < 1.29 is 17.9 Å². The Kier molecular flexibility index (Phi) is 8.85. The largest absolute Gasteiger partial charge is 0.456 e. The number of hydrogen-bond donors (Lipinski definition) is 1. The third-order valence-electron chi connectivity index (χ3n) is 6.80. The Bertz CT molecular complexity index is 1650. The Morgan fingerprint density at radius 3 is 2.32 bits per heavy atom. The van der Waals surface area contributed by atoms with Crippen molar-refractivity contribution in [2.75, 3.05) is 30.9 Å². The molecule has 4 aromatic rings. The average Bonchev–Trinajstić information content (AvgIpc) is 2.95. The highest BCUT2D eigenvalue weighted by Gasteiger charge is 2.26. The molecule has 1 saturated heterocycles. The molecule has 1 fully saturated rings. The maximum absolute atomic E-state index is 13.5. The lowest BCUT2D eigenvalue weighted by Gasteiger charge is -2.35. The van der Waals surface area contributed by atoms with Gasteiger partial charge in [-0.05, 0) is 67.1 Å². The lowest BCUT2D eigenvalue weighted by molar-refractivity contribution is 0.0629. The van der Waals surface area contributed by atoms with E-state index in [1.54, 1.807) is 47.4 Å². The van der Waals surface area contributed by atoms with E-state index in [0.717, 1.165) is 6.54 Å². The minimum absolute atomic E-state index is 0.0159. The molecule has 10 heteroatoms. The first-order valence-electron chi connectivity index (χ1n) is 13.1. The standard InChI is InChI=1S/C31H29Cl2N3O4S/c1-22-5-4-6-23(19-22)21-35-15-17-36(18-16-35)31(37)27-20-24(32)9-14-29(27)34-41(38,39)26-12-10-25(11-13-26)40-30-8-3-2-7-28(30)33/h2-14,19-20,34H,15-18,21H2,1H3. The van der Waals surface area contributed by atoms with E-state index in [-0.39, 0.29) is 22.1 Å². The molecule has 0 aliphatic carbocycles. The number of rotatable bonds is 8. The van der Waals surface area contributed by atoms with Gasteiger partial charge in [-0.15, -0.1) is 0 Å². The zero-order valence-corrected chi connectivity index (χ0v) is 24.7. The first kappa shape index (κ1) is 29.0. The van der Waals surface area contributed by atoms with Gasteiger partial charge >= 0.3 is 0 Å². The molecule has 5 rings (SSSR count). The molecule has 1 amide bonds. The Labute approximate surface area is 250 Å². The number of sulfonamides is 1. The number of ether oxygens (including phenoxy) is 1. The van der Waals surface area contributed by atoms with E-state index in [9.17, 15) is 13.2 Å². The predicted molar refractivity (Wildman–Crippen MR) is 163 cm³/mol. The lowest BCUT2D eigenvalue weighted by Crippen LogP contribution is -2.48. The number of nitrogens with one attached hydrogen (secondary N) is 1. The van der Waals surface area contributed by atoms with Gasteiger partial charge in [0, 0.05) is 37.7 Å². The van der Waals surface area contributed by atoms with Gasteiger partial charge in [0.1, 0.15) is 11.5 Å². The average molecular weight is 611 g/mol. The molecule has 0 saturated carbocycles. The highest BCUT2D eigenvalue weighted by molar-refractivity contribution is 7.92. The number of anilines is 1. The normalized spacial score (nSPS) is 14.1. The Hall–Kier alpha value is -3.56. The molecule has 1 aliphatic heterocycles. The van der Waals surface area contributed by atoms with E-state index in [1.165, 1.54) is 35.4 Å². The molecular weight excluding hydrogens is 581 g/mol. The second-order valence-corrected chi connectivity index (χ2v) is 12.4. The fourth-order valence-electron chi connectivity index (χ4n) is 4.68. The SMILES string of the molecule is Cc1cccc(CN2CCN(C(=O)c3cc(Cl)ccc3NS(=O)(=O)c3ccc(Oc4ccccc4Cl)cc3)CC2)c1.